The molecule has 0 spiro atoms. The maximum Gasteiger partial charge on any atom is 0.364 e. The molecule has 0 radical (unpaired) electrons. The fourth-order valence-corrected chi connectivity index (χ4v) is 11.0. The van der Waals surface area contributed by atoms with Gasteiger partial charge in [0.25, 0.3) is 5.91 Å². The summed E-state index contributed by atoms with van der Waals surface area (Å²) in [6.45, 7) is 6.64. The van der Waals surface area contributed by atoms with Crippen LogP contribution in [0.2, 0.25) is 0 Å². The molecule has 9 heteroatoms. The fraction of sp³-hybridized carbons (Fsp3) is 0.463. The topological polar surface area (TPSA) is 117 Å². The van der Waals surface area contributed by atoms with Gasteiger partial charge in [0.2, 0.25) is 5.71 Å². The number of hydrogen-bond donors (Lipinski definition) is 3. The van der Waals surface area contributed by atoms with Crippen molar-refractivity contribution in [3.8, 4) is 0 Å². The summed E-state index contributed by atoms with van der Waals surface area (Å²) in [6, 6.07) is 18.2. The molecule has 50 heavy (non-hydrogen) atoms. The van der Waals surface area contributed by atoms with Gasteiger partial charge in [-0.2, -0.15) is 5.10 Å². The predicted octanol–water partition coefficient (Wildman–Crippen LogP) is 8.36. The van der Waals surface area contributed by atoms with Crippen LogP contribution in [0.15, 0.2) is 82.8 Å². The molecule has 2 aromatic carbocycles. The molecule has 8 nitrogen and oxygen atoms in total. The van der Waals surface area contributed by atoms with Crippen LogP contribution in [0.3, 0.4) is 0 Å². The smallest absolute Gasteiger partial charge is 0.364 e. The molecule has 4 aliphatic rings. The Hall–Kier alpha value is -4.08. The maximum atomic E-state index is 14.4. The average molecular weight is 694 g/mol. The highest BCUT2D eigenvalue weighted by molar-refractivity contribution is 7.15. The van der Waals surface area contributed by atoms with E-state index in [2.05, 4.69) is 41.1 Å². The molecule has 0 saturated heterocycles. The van der Waals surface area contributed by atoms with Crippen molar-refractivity contribution < 1.29 is 24.2 Å². The van der Waals surface area contributed by atoms with Crippen molar-refractivity contribution in [2.45, 2.75) is 84.2 Å². The summed E-state index contributed by atoms with van der Waals surface area (Å²) in [5.41, 5.74) is 6.64. The monoisotopic (exact) mass is 693 g/mol. The number of benzene rings is 2. The third-order valence-electron chi connectivity index (χ3n) is 12.5. The molecule has 1 aromatic heterocycles. The summed E-state index contributed by atoms with van der Waals surface area (Å²) in [5.74, 6) is 0.130. The SMILES string of the molecule is CCOC(=O)/C(=N\Nc1ccccc1)C(=O)Nc1scc([C@H]2CC[C@H]3[C@@H]4CC=C5C[C@@H](O)CC[C@]5(C)[C@H]4CC[C@]23C)c1C(=O)c1ccccc1. The number of allylic oxidation sites excluding steroid dienone is 1. The zero-order valence-corrected chi connectivity index (χ0v) is 29.9. The van der Waals surface area contributed by atoms with Crippen LogP contribution in [0.4, 0.5) is 10.7 Å². The third-order valence-corrected chi connectivity index (χ3v) is 13.4. The van der Waals surface area contributed by atoms with Gasteiger partial charge in [0.05, 0.1) is 24.0 Å². The average Bonchev–Trinajstić information content (AvgIpc) is 3.69. The minimum absolute atomic E-state index is 0.00226. The Labute approximate surface area is 298 Å². The quantitative estimate of drug-likeness (QED) is 0.0518. The van der Waals surface area contributed by atoms with Crippen molar-refractivity contribution in [2.24, 2.45) is 33.7 Å². The molecule has 0 aliphatic heterocycles. The normalized spacial score (nSPS) is 30.3. The number of ketones is 1. The zero-order valence-electron chi connectivity index (χ0n) is 29.1. The molecule has 0 unspecified atom stereocenters. The number of nitrogens with one attached hydrogen (secondary N) is 2. The standard InChI is InChI=1S/C41H47N3O5S/c1-4-49-39(48)35(44-43-27-13-9-6-10-14-27)37(47)42-38-34(36(46)25-11-7-5-8-12-25)30(24-50-38)32-18-17-31-29-16-15-26-23-28(45)19-21-40(26,2)33(29)20-22-41(31,32)3/h5-15,24,28-29,31-33,43,45H,4,16-23H2,1-3H3,(H,42,47)/b44-35-/t28-,29-,31-,32+,33-,40-,41-/m0/s1. The van der Waals surface area contributed by atoms with E-state index in [1.165, 1.54) is 16.9 Å². The number of aliphatic hydroxyl groups is 1. The number of carbonyl (C=O) groups excluding carboxylic acids is 3. The molecule has 7 rings (SSSR count). The second kappa shape index (κ2) is 13.9. The van der Waals surface area contributed by atoms with E-state index in [1.807, 2.05) is 48.5 Å². The van der Waals surface area contributed by atoms with Gasteiger partial charge in [0.1, 0.15) is 5.00 Å². The van der Waals surface area contributed by atoms with Crippen LogP contribution in [0.25, 0.3) is 0 Å². The van der Waals surface area contributed by atoms with Crippen LogP contribution in [-0.4, -0.2) is 41.2 Å². The number of hydrazone groups is 1. The van der Waals surface area contributed by atoms with Crippen molar-refractivity contribution in [1.29, 1.82) is 0 Å². The number of aliphatic hydroxyl groups excluding tert-OH is 1. The van der Waals surface area contributed by atoms with Gasteiger partial charge in [-0.05, 0) is 116 Å². The minimum atomic E-state index is -0.852. The van der Waals surface area contributed by atoms with Gasteiger partial charge in [0, 0.05) is 5.56 Å². The van der Waals surface area contributed by atoms with Crippen LogP contribution in [0, 0.1) is 28.6 Å². The number of amides is 1. The number of fused-ring (bicyclic) bond motifs is 5. The second-order valence-corrected chi connectivity index (χ2v) is 15.9. The van der Waals surface area contributed by atoms with Gasteiger partial charge in [-0.3, -0.25) is 15.0 Å². The van der Waals surface area contributed by atoms with E-state index in [0.717, 1.165) is 56.9 Å². The van der Waals surface area contributed by atoms with Gasteiger partial charge in [0.15, 0.2) is 5.78 Å². The van der Waals surface area contributed by atoms with Crippen molar-refractivity contribution in [1.82, 2.24) is 0 Å². The summed E-state index contributed by atoms with van der Waals surface area (Å²) in [4.78, 5) is 41.2. The van der Waals surface area contributed by atoms with E-state index < -0.39 is 17.6 Å². The van der Waals surface area contributed by atoms with E-state index in [0.29, 0.717) is 39.6 Å². The highest BCUT2D eigenvalue weighted by Crippen LogP contribution is 2.68. The van der Waals surface area contributed by atoms with Crippen molar-refractivity contribution in [3.63, 3.8) is 0 Å². The molecule has 4 aliphatic carbocycles. The number of esters is 1. The summed E-state index contributed by atoms with van der Waals surface area (Å²) in [6.07, 6.45) is 10.3. The number of carbonyl (C=O) groups is 3. The first-order valence-corrected chi connectivity index (χ1v) is 19.0. The molecule has 3 aromatic rings. The number of ether oxygens (including phenoxy) is 1. The van der Waals surface area contributed by atoms with Gasteiger partial charge in [-0.15, -0.1) is 11.3 Å². The number of anilines is 2. The summed E-state index contributed by atoms with van der Waals surface area (Å²) in [7, 11) is 0. The van der Waals surface area contributed by atoms with Gasteiger partial charge >= 0.3 is 5.97 Å². The molecule has 1 amide bonds. The zero-order chi connectivity index (χ0) is 35.0. The summed E-state index contributed by atoms with van der Waals surface area (Å²) < 4.78 is 5.20. The van der Waals surface area contributed by atoms with Gasteiger partial charge in [-0.25, -0.2) is 4.79 Å². The molecule has 262 valence electrons. The Balaban J connectivity index is 1.22. The number of hydrogen-bond acceptors (Lipinski definition) is 8. The Kier molecular flexibility index (Phi) is 9.56. The maximum absolute atomic E-state index is 14.4. The van der Waals surface area contributed by atoms with E-state index in [-0.39, 0.29) is 35.2 Å². The van der Waals surface area contributed by atoms with Crippen LogP contribution in [0.5, 0.6) is 0 Å². The lowest BCUT2D eigenvalue weighted by molar-refractivity contribution is -0.135. The number of rotatable bonds is 9. The molecule has 3 saturated carbocycles. The minimum Gasteiger partial charge on any atom is -0.461 e. The van der Waals surface area contributed by atoms with E-state index in [4.69, 9.17) is 4.74 Å². The first kappa shape index (κ1) is 34.4. The lowest BCUT2D eigenvalue weighted by Gasteiger charge is -2.58. The lowest BCUT2D eigenvalue weighted by Crippen LogP contribution is -2.50. The van der Waals surface area contributed by atoms with Crippen molar-refractivity contribution in [3.05, 3.63) is 94.4 Å². The highest BCUT2D eigenvalue weighted by atomic mass is 32.1. The van der Waals surface area contributed by atoms with E-state index in [1.54, 1.807) is 19.1 Å². The number of thiophene rings is 1. The Morgan fingerprint density at radius 3 is 2.44 bits per heavy atom. The van der Waals surface area contributed by atoms with Crippen molar-refractivity contribution >= 4 is 45.4 Å². The molecule has 3 fully saturated rings. The van der Waals surface area contributed by atoms with E-state index >= 15 is 0 Å². The molecule has 0 bridgehead atoms. The number of nitrogens with zero attached hydrogens (tertiary/aromatic N) is 1. The summed E-state index contributed by atoms with van der Waals surface area (Å²) >= 11 is 1.33. The van der Waals surface area contributed by atoms with E-state index in [9.17, 15) is 19.5 Å². The largest absolute Gasteiger partial charge is 0.461 e. The second-order valence-electron chi connectivity index (χ2n) is 15.0. The molecule has 3 N–H and O–H groups in total. The van der Waals surface area contributed by atoms with Crippen molar-refractivity contribution in [2.75, 3.05) is 17.3 Å². The molecule has 1 heterocycles. The first-order valence-electron chi connectivity index (χ1n) is 18.1. The van der Waals surface area contributed by atoms with Crippen LogP contribution < -0.4 is 10.7 Å². The third kappa shape index (κ3) is 6.13. The first-order chi connectivity index (χ1) is 24.1. The van der Waals surface area contributed by atoms with Gasteiger partial charge < -0.3 is 15.2 Å². The molecule has 7 atom stereocenters. The molecular formula is C41H47N3O5S. The Morgan fingerprint density at radius 1 is 0.960 bits per heavy atom. The Bertz CT molecular complexity index is 1820. The van der Waals surface area contributed by atoms with Crippen LogP contribution >= 0.6 is 11.3 Å². The summed E-state index contributed by atoms with van der Waals surface area (Å²) in [5, 5.41) is 20.0. The van der Waals surface area contributed by atoms with Crippen LogP contribution in [-0.2, 0) is 14.3 Å². The Morgan fingerprint density at radius 2 is 1.70 bits per heavy atom. The van der Waals surface area contributed by atoms with Crippen LogP contribution in [0.1, 0.15) is 99.5 Å². The van der Waals surface area contributed by atoms with Gasteiger partial charge in [-0.1, -0.05) is 74.0 Å². The predicted molar refractivity (Wildman–Crippen MR) is 197 cm³/mol. The number of para-hydroxylation sites is 1. The highest BCUT2D eigenvalue weighted by Gasteiger charge is 2.59. The molecular weight excluding hydrogens is 647 g/mol. The fourth-order valence-electron chi connectivity index (χ4n) is 10.0. The lowest BCUT2D eigenvalue weighted by atomic mass is 9.47.